The summed E-state index contributed by atoms with van der Waals surface area (Å²) < 4.78 is 12.1. The van der Waals surface area contributed by atoms with E-state index in [1.807, 2.05) is 27.7 Å². The van der Waals surface area contributed by atoms with Gasteiger partial charge in [0.15, 0.2) is 11.5 Å². The van der Waals surface area contributed by atoms with Crippen molar-refractivity contribution >= 4 is 11.9 Å². The van der Waals surface area contributed by atoms with Crippen LogP contribution in [-0.2, 0) is 21.4 Å². The van der Waals surface area contributed by atoms with E-state index in [-0.39, 0.29) is 40.5 Å². The molecule has 2 aliphatic carbocycles. The molecular formula is C28H42O4. The Morgan fingerprint density at radius 3 is 2.00 bits per heavy atom. The SMILES string of the molecule is CC(C)C(=O)Oc1c(C(C)C)cc2c(c1OC(=O)C(C)C)[C@@]1(C)CCCC(C)(C)[C@@H]1CC2. The van der Waals surface area contributed by atoms with E-state index in [2.05, 4.69) is 40.7 Å². The molecule has 178 valence electrons. The van der Waals surface area contributed by atoms with Gasteiger partial charge in [-0.1, -0.05) is 74.8 Å². The molecule has 2 atom stereocenters. The van der Waals surface area contributed by atoms with Gasteiger partial charge in [-0.05, 0) is 53.9 Å². The van der Waals surface area contributed by atoms with E-state index in [0.29, 0.717) is 17.4 Å². The highest BCUT2D eigenvalue weighted by Crippen LogP contribution is 2.61. The Morgan fingerprint density at radius 1 is 0.906 bits per heavy atom. The van der Waals surface area contributed by atoms with E-state index < -0.39 is 0 Å². The number of hydrogen-bond acceptors (Lipinski definition) is 4. The van der Waals surface area contributed by atoms with Gasteiger partial charge in [0.1, 0.15) is 0 Å². The summed E-state index contributed by atoms with van der Waals surface area (Å²) in [5, 5.41) is 0. The Bertz CT molecular complexity index is 893. The molecule has 1 aromatic carbocycles. The number of ether oxygens (including phenoxy) is 2. The van der Waals surface area contributed by atoms with Crippen molar-refractivity contribution in [2.75, 3.05) is 0 Å². The van der Waals surface area contributed by atoms with E-state index in [1.54, 1.807) is 0 Å². The molecule has 2 aliphatic rings. The van der Waals surface area contributed by atoms with Crippen LogP contribution in [0.15, 0.2) is 6.07 Å². The molecule has 3 rings (SSSR count). The van der Waals surface area contributed by atoms with Crippen molar-refractivity contribution in [3.05, 3.63) is 22.8 Å². The molecule has 4 heteroatoms. The van der Waals surface area contributed by atoms with E-state index in [9.17, 15) is 9.59 Å². The zero-order valence-corrected chi connectivity index (χ0v) is 21.6. The minimum atomic E-state index is -0.296. The standard InChI is InChI=1S/C28H42O4/c1-16(2)20-15-19-11-12-21-27(7,8)13-10-14-28(21,9)22(19)24(32-26(30)18(5)6)23(20)31-25(29)17(3)4/h15-18,21H,10-14H2,1-9H3/t21-,28-/m0/s1. The predicted molar refractivity (Wildman–Crippen MR) is 128 cm³/mol. The maximum Gasteiger partial charge on any atom is 0.313 e. The van der Waals surface area contributed by atoms with Crippen LogP contribution in [0.5, 0.6) is 11.5 Å². The number of hydrogen-bond donors (Lipinski definition) is 0. The molecule has 32 heavy (non-hydrogen) atoms. The largest absolute Gasteiger partial charge is 0.422 e. The van der Waals surface area contributed by atoms with Crippen LogP contribution in [0.25, 0.3) is 0 Å². The smallest absolute Gasteiger partial charge is 0.313 e. The molecule has 1 fully saturated rings. The van der Waals surface area contributed by atoms with Crippen LogP contribution >= 0.6 is 0 Å². The third kappa shape index (κ3) is 4.34. The van der Waals surface area contributed by atoms with Crippen LogP contribution in [0.1, 0.15) is 111 Å². The number of benzene rings is 1. The van der Waals surface area contributed by atoms with Gasteiger partial charge in [0, 0.05) is 11.1 Å². The first kappa shape index (κ1) is 24.8. The lowest BCUT2D eigenvalue weighted by Gasteiger charge is -2.54. The van der Waals surface area contributed by atoms with Crippen LogP contribution in [0.4, 0.5) is 0 Å². The molecule has 0 amide bonds. The summed E-state index contributed by atoms with van der Waals surface area (Å²) in [5.41, 5.74) is 3.40. The average Bonchev–Trinajstić information content (AvgIpc) is 2.67. The Morgan fingerprint density at radius 2 is 1.47 bits per heavy atom. The summed E-state index contributed by atoms with van der Waals surface area (Å²) in [6.45, 7) is 18.6. The second-order valence-electron chi connectivity index (χ2n) is 11.8. The van der Waals surface area contributed by atoms with Gasteiger partial charge in [-0.25, -0.2) is 0 Å². The predicted octanol–water partition coefficient (Wildman–Crippen LogP) is 6.96. The molecule has 4 nitrogen and oxygen atoms in total. The summed E-state index contributed by atoms with van der Waals surface area (Å²) >= 11 is 0. The zero-order valence-electron chi connectivity index (χ0n) is 21.6. The molecule has 0 aliphatic heterocycles. The van der Waals surface area contributed by atoms with Gasteiger partial charge in [-0.2, -0.15) is 0 Å². The lowest BCUT2D eigenvalue weighted by Crippen LogP contribution is -2.48. The highest BCUT2D eigenvalue weighted by molar-refractivity contribution is 5.80. The van der Waals surface area contributed by atoms with Gasteiger partial charge in [-0.15, -0.1) is 0 Å². The van der Waals surface area contributed by atoms with Crippen LogP contribution in [-0.4, -0.2) is 11.9 Å². The quantitative estimate of drug-likeness (QED) is 0.365. The Kier molecular flexibility index (Phi) is 6.85. The van der Waals surface area contributed by atoms with E-state index in [4.69, 9.17) is 9.47 Å². The molecular weight excluding hydrogens is 400 g/mol. The molecule has 0 unspecified atom stereocenters. The molecule has 0 N–H and O–H groups in total. The third-order valence-electron chi connectivity index (χ3n) is 7.82. The lowest BCUT2D eigenvalue weighted by atomic mass is 9.50. The van der Waals surface area contributed by atoms with Crippen molar-refractivity contribution in [2.24, 2.45) is 23.2 Å². The minimum Gasteiger partial charge on any atom is -0.422 e. The molecule has 1 aromatic rings. The lowest BCUT2D eigenvalue weighted by molar-refractivity contribution is -0.140. The van der Waals surface area contributed by atoms with Gasteiger partial charge < -0.3 is 9.47 Å². The van der Waals surface area contributed by atoms with Crippen molar-refractivity contribution in [1.29, 1.82) is 0 Å². The molecule has 1 saturated carbocycles. The highest BCUT2D eigenvalue weighted by atomic mass is 16.6. The zero-order chi connectivity index (χ0) is 24.0. The van der Waals surface area contributed by atoms with Gasteiger partial charge in [-0.3, -0.25) is 9.59 Å². The normalized spacial score (nSPS) is 24.3. The number of esters is 2. The summed E-state index contributed by atoms with van der Waals surface area (Å²) in [4.78, 5) is 25.6. The van der Waals surface area contributed by atoms with Crippen molar-refractivity contribution in [2.45, 2.75) is 106 Å². The number of carbonyl (C=O) groups excluding carboxylic acids is 2. The van der Waals surface area contributed by atoms with Gasteiger partial charge >= 0.3 is 11.9 Å². The fourth-order valence-electron chi connectivity index (χ4n) is 6.04. The number of carbonyl (C=O) groups is 2. The van der Waals surface area contributed by atoms with Crippen LogP contribution in [0, 0.1) is 23.2 Å². The minimum absolute atomic E-state index is 0.115. The molecule has 0 heterocycles. The van der Waals surface area contributed by atoms with E-state index in [0.717, 1.165) is 36.8 Å². The maximum atomic E-state index is 12.9. The first-order valence-electron chi connectivity index (χ1n) is 12.4. The second kappa shape index (κ2) is 8.83. The molecule has 0 aromatic heterocycles. The third-order valence-corrected chi connectivity index (χ3v) is 7.82. The van der Waals surface area contributed by atoms with Crippen LogP contribution < -0.4 is 9.47 Å². The second-order valence-corrected chi connectivity index (χ2v) is 11.8. The highest BCUT2D eigenvalue weighted by Gasteiger charge is 2.52. The summed E-state index contributed by atoms with van der Waals surface area (Å²) in [5.74, 6) is 0.478. The Hall–Kier alpha value is -1.84. The van der Waals surface area contributed by atoms with E-state index in [1.165, 1.54) is 12.0 Å². The summed E-state index contributed by atoms with van der Waals surface area (Å²) in [7, 11) is 0. The number of aryl methyl sites for hydroxylation is 1. The monoisotopic (exact) mass is 442 g/mol. The molecule has 0 saturated heterocycles. The molecule has 0 spiro atoms. The van der Waals surface area contributed by atoms with Crippen molar-refractivity contribution in [1.82, 2.24) is 0 Å². The van der Waals surface area contributed by atoms with E-state index >= 15 is 0 Å². The number of rotatable bonds is 5. The van der Waals surface area contributed by atoms with Gasteiger partial charge in [0.25, 0.3) is 0 Å². The van der Waals surface area contributed by atoms with Gasteiger partial charge in [0.05, 0.1) is 11.8 Å². The van der Waals surface area contributed by atoms with Crippen molar-refractivity contribution < 1.29 is 19.1 Å². The van der Waals surface area contributed by atoms with Crippen LogP contribution in [0.2, 0.25) is 0 Å². The number of fused-ring (bicyclic) bond motifs is 3. The molecule has 0 bridgehead atoms. The maximum absolute atomic E-state index is 12.9. The summed E-state index contributed by atoms with van der Waals surface area (Å²) in [6.07, 6.45) is 5.51. The van der Waals surface area contributed by atoms with Crippen LogP contribution in [0.3, 0.4) is 0 Å². The van der Waals surface area contributed by atoms with Crippen molar-refractivity contribution in [3.8, 4) is 11.5 Å². The first-order valence-corrected chi connectivity index (χ1v) is 12.4. The Labute approximate surface area is 194 Å². The average molecular weight is 443 g/mol. The molecule has 0 radical (unpaired) electrons. The fourth-order valence-corrected chi connectivity index (χ4v) is 6.04. The van der Waals surface area contributed by atoms with Gasteiger partial charge in [0.2, 0.25) is 0 Å². The topological polar surface area (TPSA) is 52.6 Å². The first-order chi connectivity index (χ1) is 14.8. The Balaban J connectivity index is 2.31. The fraction of sp³-hybridized carbons (Fsp3) is 0.714. The summed E-state index contributed by atoms with van der Waals surface area (Å²) in [6, 6.07) is 2.22. The van der Waals surface area contributed by atoms with Crippen molar-refractivity contribution in [3.63, 3.8) is 0 Å².